The molecule has 0 amide bonds. The Morgan fingerprint density at radius 3 is 0.952 bits per heavy atom. The molecule has 0 saturated carbocycles. The van der Waals surface area contributed by atoms with Gasteiger partial charge in [-0.15, -0.1) is 0 Å². The van der Waals surface area contributed by atoms with Gasteiger partial charge in [-0.3, -0.25) is 0 Å². The number of hydrogen-bond acceptors (Lipinski definition) is 5. The number of benzene rings is 13. The Labute approximate surface area is 912 Å². The number of nitrogens with zero attached hydrogens (tertiary/aromatic N) is 1. The largest absolute Gasteiger partial charge is 0.494 e. The molecular formula is C135H157B2Br4NO4. The molecule has 2 aliphatic heterocycles. The van der Waals surface area contributed by atoms with E-state index in [1.165, 1.54) is 287 Å². The highest BCUT2D eigenvalue weighted by atomic mass is 79.9. The molecule has 4 aliphatic carbocycles. The van der Waals surface area contributed by atoms with E-state index in [4.69, 9.17) is 18.6 Å². The minimum Gasteiger partial charge on any atom is -0.405 e. The monoisotopic (exact) mass is 2190 g/mol. The van der Waals surface area contributed by atoms with Gasteiger partial charge in [-0.25, -0.2) is 0 Å². The van der Waals surface area contributed by atoms with Crippen molar-refractivity contribution in [3.05, 3.63) is 379 Å². The number of rotatable bonds is 37. The van der Waals surface area contributed by atoms with Gasteiger partial charge < -0.3 is 23.5 Å². The van der Waals surface area contributed by atoms with Crippen LogP contribution in [0.3, 0.4) is 0 Å². The number of anilines is 3. The second kappa shape index (κ2) is 47.0. The van der Waals surface area contributed by atoms with Gasteiger partial charge in [0.25, 0.3) is 0 Å². The summed E-state index contributed by atoms with van der Waals surface area (Å²) in [6, 6.07) is 103. The minimum atomic E-state index is -0.516. The molecule has 6 aliphatic rings. The van der Waals surface area contributed by atoms with Gasteiger partial charge in [0, 0.05) is 40.4 Å². The maximum atomic E-state index is 6.16. The molecule has 2 saturated heterocycles. The number of fused-ring (bicyclic) bond motifs is 16. The molecule has 1 spiro atoms. The molecule has 0 N–H and O–H groups in total. The zero-order valence-corrected chi connectivity index (χ0v) is 96.9. The first-order valence-electron chi connectivity index (χ1n) is 55.6. The Bertz CT molecular complexity index is 6450. The zero-order valence-electron chi connectivity index (χ0n) is 90.5. The van der Waals surface area contributed by atoms with Crippen LogP contribution in [-0.4, -0.2) is 40.7 Å². The zero-order chi connectivity index (χ0) is 103. The molecule has 760 valence electrons. The summed E-state index contributed by atoms with van der Waals surface area (Å²) in [5.74, 6) is 0. The molecule has 146 heavy (non-hydrogen) atoms. The first-order valence-corrected chi connectivity index (χ1v) is 58.8. The average Bonchev–Trinajstić information content (AvgIpc) is 1.51. The van der Waals surface area contributed by atoms with E-state index < -0.39 is 10.8 Å². The van der Waals surface area contributed by atoms with Crippen LogP contribution in [0.2, 0.25) is 0 Å². The van der Waals surface area contributed by atoms with Crippen LogP contribution in [0.15, 0.2) is 285 Å². The Kier molecular flexibility index (Phi) is 35.0. The third-order valence-electron chi connectivity index (χ3n) is 33.6. The molecule has 2 heterocycles. The second-order valence-corrected chi connectivity index (χ2v) is 50.1. The van der Waals surface area contributed by atoms with Crippen molar-refractivity contribution in [2.45, 2.75) is 328 Å². The van der Waals surface area contributed by atoms with E-state index in [2.05, 4.69) is 465 Å². The van der Waals surface area contributed by atoms with E-state index in [1.54, 1.807) is 11.1 Å². The summed E-state index contributed by atoms with van der Waals surface area (Å²) in [4.78, 5) is 2.29. The lowest BCUT2D eigenvalue weighted by Crippen LogP contribution is -2.36. The van der Waals surface area contributed by atoms with Gasteiger partial charge in [-0.2, -0.15) is 0 Å². The lowest BCUT2D eigenvalue weighted by Gasteiger charge is -2.36. The molecule has 2 atom stereocenters. The normalized spacial score (nSPS) is 15.6. The lowest BCUT2D eigenvalue weighted by molar-refractivity contribution is 0.365. The molecule has 11 heteroatoms. The van der Waals surface area contributed by atoms with Crippen LogP contribution < -0.4 is 15.8 Å². The summed E-state index contributed by atoms with van der Waals surface area (Å²) in [5, 5.41) is 0. The van der Waals surface area contributed by atoms with Gasteiger partial charge in [0.1, 0.15) is 0 Å². The Hall–Kier alpha value is -8.71. The summed E-state index contributed by atoms with van der Waals surface area (Å²) in [7, 11) is -0.698. The fraction of sp³-hybridized carbons (Fsp3) is 0.407. The van der Waals surface area contributed by atoms with Crippen molar-refractivity contribution in [2.24, 2.45) is 0 Å². The van der Waals surface area contributed by atoms with Crippen LogP contribution >= 0.6 is 63.7 Å². The molecule has 19 rings (SSSR count). The smallest absolute Gasteiger partial charge is 0.405 e. The predicted molar refractivity (Wildman–Crippen MR) is 639 cm³/mol. The van der Waals surface area contributed by atoms with Crippen LogP contribution in [-0.2, 0) is 61.9 Å². The van der Waals surface area contributed by atoms with Gasteiger partial charge in [0.05, 0.1) is 37.3 Å². The molecule has 0 aromatic heterocycles. The Morgan fingerprint density at radius 1 is 0.267 bits per heavy atom. The number of unbranched alkanes of at least 4 members (excludes halogenated alkanes) is 16. The molecule has 13 aromatic carbocycles. The fourth-order valence-electron chi connectivity index (χ4n) is 24.5. The van der Waals surface area contributed by atoms with Gasteiger partial charge in [0.2, 0.25) is 0 Å². The van der Waals surface area contributed by atoms with Crippen LogP contribution in [0, 0.1) is 0 Å². The van der Waals surface area contributed by atoms with E-state index in [-0.39, 0.29) is 46.7 Å². The van der Waals surface area contributed by atoms with Crippen LogP contribution in [0.4, 0.5) is 17.1 Å². The van der Waals surface area contributed by atoms with Crippen molar-refractivity contribution in [2.75, 3.05) is 31.3 Å². The van der Waals surface area contributed by atoms with Crippen LogP contribution in [0.1, 0.15) is 379 Å². The molecule has 0 bridgehead atoms. The van der Waals surface area contributed by atoms with Crippen LogP contribution in [0.5, 0.6) is 0 Å². The van der Waals surface area contributed by atoms with Gasteiger partial charge in [-0.1, -0.05) is 492 Å². The highest BCUT2D eigenvalue weighted by Crippen LogP contribution is 2.66. The number of halogens is 4. The molecule has 13 aromatic rings. The van der Waals surface area contributed by atoms with E-state index in [9.17, 15) is 0 Å². The summed E-state index contributed by atoms with van der Waals surface area (Å²) in [6.07, 6.45) is 37.5. The van der Waals surface area contributed by atoms with Crippen molar-refractivity contribution in [1.29, 1.82) is 0 Å². The molecule has 5 nitrogen and oxygen atoms in total. The first-order chi connectivity index (χ1) is 70.3. The van der Waals surface area contributed by atoms with Crippen molar-refractivity contribution in [1.82, 2.24) is 0 Å². The highest BCUT2D eigenvalue weighted by molar-refractivity contribution is 9.11. The third-order valence-corrected chi connectivity index (χ3v) is 35.7. The maximum Gasteiger partial charge on any atom is 0.494 e. The minimum absolute atomic E-state index is 0.00246. The summed E-state index contributed by atoms with van der Waals surface area (Å²) in [5.41, 5.74) is 39.4. The fourth-order valence-corrected chi connectivity index (χ4v) is 25.8. The Morgan fingerprint density at radius 2 is 0.548 bits per heavy atom. The average molecular weight is 2200 g/mol. The van der Waals surface area contributed by atoms with E-state index in [1.807, 2.05) is 0 Å². The van der Waals surface area contributed by atoms with Gasteiger partial charge >= 0.3 is 14.2 Å². The van der Waals surface area contributed by atoms with Crippen molar-refractivity contribution in [3.63, 3.8) is 0 Å². The number of hydrogen-bond donors (Lipinski definition) is 0. The highest BCUT2D eigenvalue weighted by Gasteiger charge is 2.55. The summed E-state index contributed by atoms with van der Waals surface area (Å²) < 4.78 is 29.1. The predicted octanol–water partition coefficient (Wildman–Crippen LogP) is 38.9. The molecular weight excluding hydrogens is 2040 g/mol. The topological polar surface area (TPSA) is 40.2 Å². The van der Waals surface area contributed by atoms with Crippen molar-refractivity contribution < 1.29 is 18.6 Å². The van der Waals surface area contributed by atoms with E-state index in [0.717, 1.165) is 54.2 Å². The molecule has 0 radical (unpaired) electrons. The van der Waals surface area contributed by atoms with E-state index >= 15 is 0 Å². The lowest BCUT2D eigenvalue weighted by atomic mass is 9.65. The molecule has 2 fully saturated rings. The quantitative estimate of drug-likeness (QED) is 0.0220. The van der Waals surface area contributed by atoms with Crippen molar-refractivity contribution in [3.8, 4) is 44.5 Å². The van der Waals surface area contributed by atoms with Gasteiger partial charge in [0.15, 0.2) is 0 Å². The SMILES string of the molecule is CC(C)(C)c1ccc(N(c2ccc(Br)cc2)c2ccc(/C=C/c3ccc(Br)cc3)cc2)cc1.CCCCCCC(C)(CC)c1ccc2c(c1)C1(c3cc(B4OCCO4)ccc3-c3ccc(B4OCCO4)cc31)c1cc(C(C)(CC)CCCCCC)ccc1-2.CCCCCCCCC1(CCCCCCCC)c2cc(Br)ccc2-c2cc3c(cc21)-c1ccc(Br)cc1C3(c1ccc(C(C)(C)C)cc1)c1ccc(C(C)(C)C)cc1. The summed E-state index contributed by atoms with van der Waals surface area (Å²) >= 11 is 15.0. The van der Waals surface area contributed by atoms with E-state index in [0.29, 0.717) is 26.4 Å². The van der Waals surface area contributed by atoms with Gasteiger partial charge in [-0.05, 0) is 313 Å². The standard InChI is InChI=1S/C56H68Br2.C49H62B2O4.C30H27Br2N/c1-9-11-13-15-17-19-33-55(34-20-18-16-14-12-10-2)49-35-43(57)29-31-45(49)47-38-52-48(37-50(47)55)46-32-30-44(58)36-51(46)56(52,41-25-21-39(22-26-41)53(3,4)5)42-27-23-40(24-28-42)54(6,7)8;1-7-11-13-15-25-47(5,9-3)35-17-21-39-40-22-18-36(48(6,10-4)26-16-14-12-8-2)32-44(40)49(43(39)31-35)45-33-37(50-52-27-28-53-50)19-23-41(45)42-24-20-38(34-46(42)49)51-54-29-30-55-51;1-30(2,3)24-10-18-28(19-11-24)33(29-20-14-26(32)15-21-29)27-16-8-23(9-17-27)5-4-22-6-12-25(31)13-7-22/h21-32,35-38H,9-20,33-34H2,1-8H3;17-24,31-34H,7-16,25-30H2,1-6H3;4-21H,1-3H3/b;;5-4+. The first kappa shape index (κ1) is 109. The Balaban J connectivity index is 0.000000155. The maximum absolute atomic E-state index is 6.16. The van der Waals surface area contributed by atoms with Crippen LogP contribution in [0.25, 0.3) is 56.7 Å². The summed E-state index contributed by atoms with van der Waals surface area (Å²) in [6.45, 7) is 42.2. The van der Waals surface area contributed by atoms with Crippen molar-refractivity contribution >= 4 is 118 Å². The molecule has 2 unspecified atom stereocenters. The second-order valence-electron chi connectivity index (χ2n) is 46.4. The third kappa shape index (κ3) is 22.6.